The summed E-state index contributed by atoms with van der Waals surface area (Å²) in [7, 11) is 0. The molecular weight excluding hydrogens is 222 g/mol. The Kier molecular flexibility index (Phi) is 5.93. The van der Waals surface area contributed by atoms with Crippen LogP contribution >= 0.6 is 0 Å². The first kappa shape index (κ1) is 14.3. The zero-order valence-corrected chi connectivity index (χ0v) is 12.1. The van der Waals surface area contributed by atoms with Gasteiger partial charge >= 0.3 is 0 Å². The van der Waals surface area contributed by atoms with E-state index < -0.39 is 0 Å². The molecule has 0 aromatic heterocycles. The van der Waals surface area contributed by atoms with Gasteiger partial charge in [-0.15, -0.1) is 0 Å². The third-order valence-corrected chi connectivity index (χ3v) is 4.72. The molecule has 2 fully saturated rings. The molecule has 2 aliphatic rings. The molecule has 2 aliphatic heterocycles. The Morgan fingerprint density at radius 2 is 1.83 bits per heavy atom. The lowest BCUT2D eigenvalue weighted by atomic mass is 10.1. The maximum absolute atomic E-state index is 5.51. The molecule has 2 unspecified atom stereocenters. The first-order valence-electron chi connectivity index (χ1n) is 7.99. The average molecular weight is 253 g/mol. The topological polar surface area (TPSA) is 32.5 Å². The van der Waals surface area contributed by atoms with Crippen molar-refractivity contribution < 1.29 is 0 Å². The first-order chi connectivity index (χ1) is 8.81. The molecule has 0 aromatic carbocycles. The zero-order chi connectivity index (χ0) is 12.8. The highest BCUT2D eigenvalue weighted by molar-refractivity contribution is 4.90. The molecule has 106 valence electrons. The van der Waals surface area contributed by atoms with Crippen LogP contribution in [0.15, 0.2) is 0 Å². The van der Waals surface area contributed by atoms with Gasteiger partial charge in [0.25, 0.3) is 0 Å². The Labute approximate surface area is 113 Å². The van der Waals surface area contributed by atoms with Crippen molar-refractivity contribution in [2.45, 2.75) is 64.0 Å². The van der Waals surface area contributed by atoms with Crippen molar-refractivity contribution in [3.63, 3.8) is 0 Å². The Morgan fingerprint density at radius 1 is 1.06 bits per heavy atom. The summed E-state index contributed by atoms with van der Waals surface area (Å²) in [5, 5.41) is 0. The predicted molar refractivity (Wildman–Crippen MR) is 77.8 cm³/mol. The lowest BCUT2D eigenvalue weighted by Gasteiger charge is -2.42. The van der Waals surface area contributed by atoms with Crippen molar-refractivity contribution in [1.29, 1.82) is 0 Å². The Hall–Kier alpha value is -0.120. The van der Waals surface area contributed by atoms with E-state index in [1.54, 1.807) is 0 Å². The lowest BCUT2D eigenvalue weighted by molar-refractivity contribution is 0.0583. The van der Waals surface area contributed by atoms with Gasteiger partial charge in [-0.2, -0.15) is 0 Å². The summed E-state index contributed by atoms with van der Waals surface area (Å²) in [6, 6.07) is 1.64. The third-order valence-electron chi connectivity index (χ3n) is 4.72. The zero-order valence-electron chi connectivity index (χ0n) is 12.1. The van der Waals surface area contributed by atoms with Crippen molar-refractivity contribution in [2.75, 3.05) is 32.7 Å². The van der Waals surface area contributed by atoms with Crippen LogP contribution in [0.5, 0.6) is 0 Å². The van der Waals surface area contributed by atoms with Crippen LogP contribution in [0.25, 0.3) is 0 Å². The number of nitrogens with zero attached hydrogens (tertiary/aromatic N) is 2. The van der Waals surface area contributed by atoms with Crippen LogP contribution in [-0.4, -0.2) is 54.6 Å². The van der Waals surface area contributed by atoms with Gasteiger partial charge in [-0.1, -0.05) is 19.3 Å². The summed E-state index contributed by atoms with van der Waals surface area (Å²) in [6.07, 6.45) is 9.51. The van der Waals surface area contributed by atoms with Gasteiger partial charge in [0, 0.05) is 25.2 Å². The van der Waals surface area contributed by atoms with Gasteiger partial charge in [0.15, 0.2) is 0 Å². The highest BCUT2D eigenvalue weighted by Crippen LogP contribution is 2.24. The minimum absolute atomic E-state index is 0.767. The predicted octanol–water partition coefficient (Wildman–Crippen LogP) is 2.06. The van der Waals surface area contributed by atoms with Gasteiger partial charge in [-0.05, 0) is 52.2 Å². The van der Waals surface area contributed by atoms with Gasteiger partial charge in [0.1, 0.15) is 0 Å². The van der Waals surface area contributed by atoms with Crippen molar-refractivity contribution in [2.24, 2.45) is 5.73 Å². The molecule has 2 saturated heterocycles. The first-order valence-corrected chi connectivity index (χ1v) is 7.99. The second-order valence-corrected chi connectivity index (χ2v) is 6.19. The van der Waals surface area contributed by atoms with E-state index in [2.05, 4.69) is 16.7 Å². The van der Waals surface area contributed by atoms with E-state index in [0.717, 1.165) is 18.6 Å². The van der Waals surface area contributed by atoms with Crippen LogP contribution in [0.2, 0.25) is 0 Å². The van der Waals surface area contributed by atoms with E-state index in [-0.39, 0.29) is 0 Å². The number of nitrogens with two attached hydrogens (primary N) is 1. The largest absolute Gasteiger partial charge is 0.330 e. The minimum Gasteiger partial charge on any atom is -0.330 e. The summed E-state index contributed by atoms with van der Waals surface area (Å²) in [6.45, 7) is 8.56. The maximum Gasteiger partial charge on any atom is 0.0224 e. The number of rotatable bonds is 7. The summed E-state index contributed by atoms with van der Waals surface area (Å²) < 4.78 is 0. The van der Waals surface area contributed by atoms with Crippen molar-refractivity contribution in [3.05, 3.63) is 0 Å². The molecule has 0 amide bonds. The summed E-state index contributed by atoms with van der Waals surface area (Å²) in [5.74, 6) is 0. The van der Waals surface area contributed by atoms with Crippen LogP contribution in [0.3, 0.4) is 0 Å². The number of piperazine rings is 1. The van der Waals surface area contributed by atoms with Crippen LogP contribution < -0.4 is 5.73 Å². The fourth-order valence-electron chi connectivity index (χ4n) is 3.55. The fourth-order valence-corrected chi connectivity index (χ4v) is 3.55. The van der Waals surface area contributed by atoms with Gasteiger partial charge < -0.3 is 5.73 Å². The molecule has 18 heavy (non-hydrogen) atoms. The molecular formula is C15H31N3. The maximum atomic E-state index is 5.51. The molecule has 3 heteroatoms. The van der Waals surface area contributed by atoms with Gasteiger partial charge in [-0.25, -0.2) is 0 Å². The normalized spacial score (nSPS) is 29.7. The number of hydrogen-bond acceptors (Lipinski definition) is 3. The molecule has 3 nitrogen and oxygen atoms in total. The molecule has 2 heterocycles. The second-order valence-electron chi connectivity index (χ2n) is 6.19. The number of fused-ring (bicyclic) bond motifs is 1. The minimum atomic E-state index is 0.767. The van der Waals surface area contributed by atoms with Gasteiger partial charge in [0.05, 0.1) is 0 Å². The molecule has 0 saturated carbocycles. The summed E-state index contributed by atoms with van der Waals surface area (Å²) in [4.78, 5) is 5.44. The molecule has 0 spiro atoms. The Bertz CT molecular complexity index is 232. The van der Waals surface area contributed by atoms with Crippen molar-refractivity contribution in [1.82, 2.24) is 9.80 Å². The van der Waals surface area contributed by atoms with E-state index in [1.165, 1.54) is 71.1 Å². The second kappa shape index (κ2) is 7.46. The lowest BCUT2D eigenvalue weighted by Crippen LogP contribution is -2.54. The molecule has 2 atom stereocenters. The number of hydrogen-bond donors (Lipinski definition) is 1. The molecule has 0 bridgehead atoms. The molecule has 2 N–H and O–H groups in total. The standard InChI is InChI=1S/C15H31N3/c1-14-12-18-11-7-8-15(18)13-17(14)10-6-4-2-3-5-9-16/h14-15H,2-13,16H2,1H3. The molecule has 0 aliphatic carbocycles. The Balaban J connectivity index is 1.60. The highest BCUT2D eigenvalue weighted by Gasteiger charge is 2.33. The van der Waals surface area contributed by atoms with E-state index in [0.29, 0.717) is 0 Å². The summed E-state index contributed by atoms with van der Waals surface area (Å²) >= 11 is 0. The number of unbranched alkanes of at least 4 members (excludes halogenated alkanes) is 4. The van der Waals surface area contributed by atoms with E-state index in [1.807, 2.05) is 0 Å². The van der Waals surface area contributed by atoms with Crippen molar-refractivity contribution in [3.8, 4) is 0 Å². The summed E-state index contributed by atoms with van der Waals surface area (Å²) in [5.41, 5.74) is 5.51. The molecule has 0 radical (unpaired) electrons. The fraction of sp³-hybridized carbons (Fsp3) is 1.00. The van der Waals surface area contributed by atoms with Crippen molar-refractivity contribution >= 4 is 0 Å². The SMILES string of the molecule is CC1CN2CCCC2CN1CCCCCCCN. The molecule has 0 aromatic rings. The molecule has 2 rings (SSSR count). The van der Waals surface area contributed by atoms with Crippen LogP contribution in [-0.2, 0) is 0 Å². The quantitative estimate of drug-likeness (QED) is 0.705. The highest BCUT2D eigenvalue weighted by atomic mass is 15.3. The monoisotopic (exact) mass is 253 g/mol. The van der Waals surface area contributed by atoms with E-state index in [9.17, 15) is 0 Å². The van der Waals surface area contributed by atoms with Crippen LogP contribution in [0, 0.1) is 0 Å². The smallest absolute Gasteiger partial charge is 0.0224 e. The van der Waals surface area contributed by atoms with Crippen LogP contribution in [0.1, 0.15) is 51.9 Å². The van der Waals surface area contributed by atoms with E-state index in [4.69, 9.17) is 5.73 Å². The van der Waals surface area contributed by atoms with E-state index >= 15 is 0 Å². The Morgan fingerprint density at radius 3 is 2.67 bits per heavy atom. The van der Waals surface area contributed by atoms with Gasteiger partial charge in [0.2, 0.25) is 0 Å². The van der Waals surface area contributed by atoms with Crippen LogP contribution in [0.4, 0.5) is 0 Å². The van der Waals surface area contributed by atoms with Gasteiger partial charge in [-0.3, -0.25) is 9.80 Å². The third kappa shape index (κ3) is 3.94. The average Bonchev–Trinajstić information content (AvgIpc) is 2.80.